The van der Waals surface area contributed by atoms with Crippen molar-refractivity contribution in [3.05, 3.63) is 32.8 Å². The largest absolute Gasteiger partial charge is 0.386 e. The van der Waals surface area contributed by atoms with Crippen LogP contribution in [-0.4, -0.2) is 28.7 Å². The molecule has 5 nitrogen and oxygen atoms in total. The molecule has 0 aliphatic heterocycles. The maximum absolute atomic E-state index is 10.0. The number of thiophene rings is 1. The van der Waals surface area contributed by atoms with E-state index in [1.165, 1.54) is 17.7 Å². The minimum atomic E-state index is -0.657. The van der Waals surface area contributed by atoms with E-state index in [0.717, 1.165) is 4.88 Å². The lowest BCUT2D eigenvalue weighted by molar-refractivity contribution is 0.195. The highest BCUT2D eigenvalue weighted by Gasteiger charge is 2.13. The fraction of sp³-hybridized carbons (Fsp3) is 0.273. The Hall–Kier alpha value is -1.08. The molecule has 8 heteroatoms. The first-order valence-corrected chi connectivity index (χ1v) is 7.04. The Balaban J connectivity index is 2.04. The number of hydrogen-bond acceptors (Lipinski definition) is 6. The lowest BCUT2D eigenvalue weighted by Gasteiger charge is -2.13. The summed E-state index contributed by atoms with van der Waals surface area (Å²) in [5.41, 5.74) is 0.598. The minimum Gasteiger partial charge on any atom is -0.386 e. The monoisotopic (exact) mass is 318 g/mol. The van der Waals surface area contributed by atoms with Crippen molar-refractivity contribution in [2.45, 2.75) is 6.10 Å². The van der Waals surface area contributed by atoms with E-state index in [1.807, 2.05) is 0 Å². The van der Waals surface area contributed by atoms with Crippen LogP contribution < -0.4 is 10.6 Å². The second-order valence-electron chi connectivity index (χ2n) is 3.68. The van der Waals surface area contributed by atoms with Gasteiger partial charge in [-0.3, -0.25) is 0 Å². The van der Waals surface area contributed by atoms with Crippen LogP contribution in [-0.2, 0) is 0 Å². The van der Waals surface area contributed by atoms with Crippen LogP contribution in [0.4, 0.5) is 11.5 Å². The molecule has 0 spiro atoms. The van der Waals surface area contributed by atoms with Gasteiger partial charge in [-0.1, -0.05) is 23.2 Å². The molecule has 0 aliphatic rings. The van der Waals surface area contributed by atoms with Crippen molar-refractivity contribution >= 4 is 46.0 Å². The Morgan fingerprint density at radius 2 is 2.16 bits per heavy atom. The molecule has 0 saturated heterocycles. The molecule has 3 N–H and O–H groups in total. The molecule has 2 heterocycles. The molecule has 0 aromatic carbocycles. The van der Waals surface area contributed by atoms with Crippen LogP contribution in [0.25, 0.3) is 0 Å². The summed E-state index contributed by atoms with van der Waals surface area (Å²) < 4.78 is 0.648. The highest BCUT2D eigenvalue weighted by atomic mass is 35.5. The van der Waals surface area contributed by atoms with Gasteiger partial charge in [0.25, 0.3) is 0 Å². The molecule has 102 valence electrons. The van der Waals surface area contributed by atoms with Gasteiger partial charge in [0, 0.05) is 18.5 Å². The van der Waals surface area contributed by atoms with E-state index in [-0.39, 0.29) is 0 Å². The van der Waals surface area contributed by atoms with E-state index in [1.54, 1.807) is 19.2 Å². The van der Waals surface area contributed by atoms with E-state index in [0.29, 0.717) is 27.5 Å². The van der Waals surface area contributed by atoms with Crippen LogP contribution in [0.1, 0.15) is 11.0 Å². The van der Waals surface area contributed by atoms with Crippen molar-refractivity contribution in [2.24, 2.45) is 0 Å². The molecule has 2 aromatic rings. The first-order valence-electron chi connectivity index (χ1n) is 5.47. The van der Waals surface area contributed by atoms with Gasteiger partial charge in [-0.15, -0.1) is 11.3 Å². The molecule has 0 saturated carbocycles. The van der Waals surface area contributed by atoms with Gasteiger partial charge in [-0.25, -0.2) is 9.97 Å². The van der Waals surface area contributed by atoms with Crippen molar-refractivity contribution in [3.8, 4) is 0 Å². The number of aliphatic hydroxyl groups is 1. The summed E-state index contributed by atoms with van der Waals surface area (Å²) in [5.74, 6) is 0.546. The van der Waals surface area contributed by atoms with Gasteiger partial charge in [-0.2, -0.15) is 0 Å². The quantitative estimate of drug-likeness (QED) is 0.739. The average Bonchev–Trinajstić information content (AvgIpc) is 2.83. The van der Waals surface area contributed by atoms with Crippen molar-refractivity contribution in [2.75, 3.05) is 24.2 Å². The van der Waals surface area contributed by atoms with E-state index in [4.69, 9.17) is 23.2 Å². The number of rotatable bonds is 5. The molecule has 0 aliphatic carbocycles. The van der Waals surface area contributed by atoms with Crippen LogP contribution in [0.3, 0.4) is 0 Å². The number of hydrogen-bond donors (Lipinski definition) is 3. The van der Waals surface area contributed by atoms with Crippen LogP contribution in [0.5, 0.6) is 0 Å². The molecule has 1 atom stereocenters. The highest BCUT2D eigenvalue weighted by molar-refractivity contribution is 7.16. The summed E-state index contributed by atoms with van der Waals surface area (Å²) in [6.07, 6.45) is 0.704. The zero-order valence-electron chi connectivity index (χ0n) is 10.0. The predicted octanol–water partition coefficient (Wildman–Crippen LogP) is 3.03. The number of nitrogens with one attached hydrogen (secondary N) is 2. The van der Waals surface area contributed by atoms with Crippen molar-refractivity contribution in [3.63, 3.8) is 0 Å². The summed E-state index contributed by atoms with van der Waals surface area (Å²) in [6.45, 7) is 0.304. The summed E-state index contributed by atoms with van der Waals surface area (Å²) in [7, 11) is 1.73. The van der Waals surface area contributed by atoms with Gasteiger partial charge < -0.3 is 15.7 Å². The summed E-state index contributed by atoms with van der Waals surface area (Å²) in [5, 5.41) is 16.3. The number of aliphatic hydroxyl groups excluding tert-OH is 1. The summed E-state index contributed by atoms with van der Waals surface area (Å²) in [6, 6.07) is 3.55. The standard InChI is InChI=1S/C11H12Cl2N4OS/c1-14-9-10(13)16-5-17-11(9)15-4-6(18)7-2-3-8(12)19-7/h2-3,5-6,14,18H,4H2,1H3,(H,15,16,17). The van der Waals surface area contributed by atoms with E-state index in [2.05, 4.69) is 20.6 Å². The number of nitrogens with zero attached hydrogens (tertiary/aromatic N) is 2. The summed E-state index contributed by atoms with van der Waals surface area (Å²) >= 11 is 13.1. The van der Waals surface area contributed by atoms with Crippen molar-refractivity contribution in [1.29, 1.82) is 0 Å². The third kappa shape index (κ3) is 3.48. The molecule has 2 rings (SSSR count). The van der Waals surface area contributed by atoms with E-state index >= 15 is 0 Å². The third-order valence-electron chi connectivity index (χ3n) is 2.44. The zero-order chi connectivity index (χ0) is 13.8. The average molecular weight is 319 g/mol. The lowest BCUT2D eigenvalue weighted by Crippen LogP contribution is -2.13. The molecular formula is C11H12Cl2N4OS. The van der Waals surface area contributed by atoms with Crippen molar-refractivity contribution in [1.82, 2.24) is 9.97 Å². The zero-order valence-corrected chi connectivity index (χ0v) is 12.4. The Kier molecular flexibility index (Phi) is 4.81. The number of halogens is 2. The number of aromatic nitrogens is 2. The normalized spacial score (nSPS) is 12.2. The van der Waals surface area contributed by atoms with Crippen LogP contribution >= 0.6 is 34.5 Å². The molecular weight excluding hydrogens is 307 g/mol. The Morgan fingerprint density at radius 3 is 2.79 bits per heavy atom. The Bertz CT molecular complexity index is 563. The van der Waals surface area contributed by atoms with Gasteiger partial charge in [-0.05, 0) is 12.1 Å². The van der Waals surface area contributed by atoms with Gasteiger partial charge in [0.1, 0.15) is 18.1 Å². The fourth-order valence-electron chi connectivity index (χ4n) is 1.52. The van der Waals surface area contributed by atoms with Crippen molar-refractivity contribution < 1.29 is 5.11 Å². The maximum atomic E-state index is 10.0. The predicted molar refractivity (Wildman–Crippen MR) is 79.4 cm³/mol. The Labute approximate surface area is 124 Å². The number of anilines is 2. The maximum Gasteiger partial charge on any atom is 0.157 e. The smallest absolute Gasteiger partial charge is 0.157 e. The SMILES string of the molecule is CNc1c(Cl)ncnc1NCC(O)c1ccc(Cl)s1. The minimum absolute atomic E-state index is 0.304. The molecule has 0 radical (unpaired) electrons. The molecule has 0 bridgehead atoms. The highest BCUT2D eigenvalue weighted by Crippen LogP contribution is 2.29. The molecule has 19 heavy (non-hydrogen) atoms. The first-order chi connectivity index (χ1) is 9.11. The molecule has 1 unspecified atom stereocenters. The van der Waals surface area contributed by atoms with E-state index < -0.39 is 6.10 Å². The first kappa shape index (κ1) is 14.3. The van der Waals surface area contributed by atoms with Crippen LogP contribution in [0, 0.1) is 0 Å². The third-order valence-corrected chi connectivity index (χ3v) is 4.06. The van der Waals surface area contributed by atoms with Gasteiger partial charge in [0.15, 0.2) is 11.0 Å². The molecule has 0 amide bonds. The summed E-state index contributed by atoms with van der Waals surface area (Å²) in [4.78, 5) is 8.75. The van der Waals surface area contributed by atoms with Gasteiger partial charge >= 0.3 is 0 Å². The van der Waals surface area contributed by atoms with Gasteiger partial charge in [0.05, 0.1) is 4.34 Å². The van der Waals surface area contributed by atoms with Crippen LogP contribution in [0.15, 0.2) is 18.5 Å². The lowest BCUT2D eigenvalue weighted by atomic mass is 10.3. The van der Waals surface area contributed by atoms with Crippen LogP contribution in [0.2, 0.25) is 9.49 Å². The Morgan fingerprint density at radius 1 is 1.37 bits per heavy atom. The van der Waals surface area contributed by atoms with Gasteiger partial charge in [0.2, 0.25) is 0 Å². The molecule has 2 aromatic heterocycles. The second kappa shape index (κ2) is 6.38. The second-order valence-corrected chi connectivity index (χ2v) is 5.78. The van der Waals surface area contributed by atoms with E-state index in [9.17, 15) is 5.11 Å². The molecule has 0 fully saturated rings. The topological polar surface area (TPSA) is 70.1 Å². The fourth-order valence-corrected chi connectivity index (χ4v) is 2.80.